The number of hydrogen-bond donors (Lipinski definition) is 0. The van der Waals surface area contributed by atoms with Gasteiger partial charge in [-0.2, -0.15) is 5.10 Å². The zero-order chi connectivity index (χ0) is 20.8. The van der Waals surface area contributed by atoms with E-state index in [0.717, 1.165) is 11.1 Å². The lowest BCUT2D eigenvalue weighted by Gasteiger charge is -2.15. The summed E-state index contributed by atoms with van der Waals surface area (Å²) in [5, 5.41) is 8.77. The van der Waals surface area contributed by atoms with Gasteiger partial charge in [-0.25, -0.2) is 4.39 Å². The highest BCUT2D eigenvalue weighted by molar-refractivity contribution is 8.15. The Labute approximate surface area is 173 Å². The minimum absolute atomic E-state index is 0.0159. The summed E-state index contributed by atoms with van der Waals surface area (Å²) in [4.78, 5) is 14.3. The summed E-state index contributed by atoms with van der Waals surface area (Å²) in [5.74, 6) is 0.962. The van der Waals surface area contributed by atoms with Crippen molar-refractivity contribution in [3.05, 3.63) is 59.4 Å². The van der Waals surface area contributed by atoms with Gasteiger partial charge in [0, 0.05) is 11.6 Å². The first kappa shape index (κ1) is 20.9. The van der Waals surface area contributed by atoms with Crippen LogP contribution in [0, 0.1) is 5.82 Å². The number of thioether (sulfide) groups is 1. The number of benzene rings is 2. The van der Waals surface area contributed by atoms with E-state index < -0.39 is 0 Å². The molecule has 0 unspecified atom stereocenters. The van der Waals surface area contributed by atoms with Gasteiger partial charge < -0.3 is 9.47 Å². The zero-order valence-electron chi connectivity index (χ0n) is 16.5. The minimum atomic E-state index is -0.311. The van der Waals surface area contributed by atoms with Gasteiger partial charge in [0.05, 0.1) is 32.2 Å². The van der Waals surface area contributed by atoms with Gasteiger partial charge in [-0.15, -0.1) is 5.10 Å². The van der Waals surface area contributed by atoms with Crippen molar-refractivity contribution in [3.8, 4) is 11.5 Å². The van der Waals surface area contributed by atoms with Gasteiger partial charge in [-0.1, -0.05) is 30.8 Å². The average molecular weight is 415 g/mol. The second kappa shape index (κ2) is 9.56. The van der Waals surface area contributed by atoms with Crippen LogP contribution in [0.1, 0.15) is 24.5 Å². The van der Waals surface area contributed by atoms with E-state index in [2.05, 4.69) is 10.2 Å². The van der Waals surface area contributed by atoms with Crippen LogP contribution < -0.4 is 9.47 Å². The molecule has 0 N–H and O–H groups in total. The maximum absolute atomic E-state index is 13.2. The lowest BCUT2D eigenvalue weighted by Crippen LogP contribution is -2.31. The molecule has 0 spiro atoms. The maximum atomic E-state index is 13.2. The Morgan fingerprint density at radius 2 is 1.93 bits per heavy atom. The normalized spacial score (nSPS) is 18.1. The number of amides is 1. The van der Waals surface area contributed by atoms with E-state index in [-0.39, 0.29) is 17.0 Å². The third-order valence-electron chi connectivity index (χ3n) is 4.43. The van der Waals surface area contributed by atoms with E-state index in [0.29, 0.717) is 29.6 Å². The first-order valence-corrected chi connectivity index (χ1v) is 9.99. The van der Waals surface area contributed by atoms with Crippen molar-refractivity contribution < 1.29 is 18.7 Å². The Hall–Kier alpha value is -2.87. The van der Waals surface area contributed by atoms with Crippen molar-refractivity contribution in [2.24, 2.45) is 10.2 Å². The van der Waals surface area contributed by atoms with E-state index in [1.165, 1.54) is 23.9 Å². The molecule has 2 aromatic carbocycles. The summed E-state index contributed by atoms with van der Waals surface area (Å²) in [5.41, 5.74) is 1.56. The van der Waals surface area contributed by atoms with Gasteiger partial charge in [-0.3, -0.25) is 9.69 Å². The van der Waals surface area contributed by atoms with Crippen LogP contribution in [0.5, 0.6) is 11.5 Å². The molecular formula is C21H22FN3O3S. The van der Waals surface area contributed by atoms with Crippen molar-refractivity contribution >= 4 is 29.1 Å². The molecule has 0 saturated carbocycles. The van der Waals surface area contributed by atoms with Crippen LogP contribution in [0.4, 0.5) is 4.39 Å². The zero-order valence-corrected chi connectivity index (χ0v) is 17.3. The molecule has 1 amide bonds. The van der Waals surface area contributed by atoms with Crippen molar-refractivity contribution in [2.45, 2.75) is 25.1 Å². The Bertz CT molecular complexity index is 931. The Morgan fingerprint density at radius 3 is 2.59 bits per heavy atom. The van der Waals surface area contributed by atoms with Crippen molar-refractivity contribution in [1.82, 2.24) is 4.90 Å². The fourth-order valence-electron chi connectivity index (χ4n) is 2.83. The molecule has 0 bridgehead atoms. The van der Waals surface area contributed by atoms with Gasteiger partial charge in [0.25, 0.3) is 0 Å². The van der Waals surface area contributed by atoms with Crippen LogP contribution in [0.25, 0.3) is 0 Å². The van der Waals surface area contributed by atoms with Crippen molar-refractivity contribution in [2.75, 3.05) is 14.2 Å². The molecule has 29 heavy (non-hydrogen) atoms. The molecule has 0 radical (unpaired) electrons. The molecular weight excluding hydrogens is 393 g/mol. The SMILES string of the molecule is CC[C@H]1S/C(=N\N=C/c2ccc(OC)cc2OC)N(Cc2ccc(F)cc2)C1=O. The summed E-state index contributed by atoms with van der Waals surface area (Å²) >= 11 is 1.39. The molecule has 1 saturated heterocycles. The molecule has 1 aliphatic heterocycles. The molecule has 0 aliphatic carbocycles. The number of carbonyl (C=O) groups excluding carboxylic acids is 1. The van der Waals surface area contributed by atoms with Crippen LogP contribution in [-0.2, 0) is 11.3 Å². The largest absolute Gasteiger partial charge is 0.497 e. The van der Waals surface area contributed by atoms with Crippen molar-refractivity contribution in [1.29, 1.82) is 0 Å². The highest BCUT2D eigenvalue weighted by Crippen LogP contribution is 2.31. The molecule has 1 heterocycles. The summed E-state index contributed by atoms with van der Waals surface area (Å²) in [6, 6.07) is 11.5. The van der Waals surface area contributed by atoms with Gasteiger partial charge in [-0.05, 0) is 36.2 Å². The molecule has 1 aliphatic rings. The molecule has 6 nitrogen and oxygen atoms in total. The van der Waals surface area contributed by atoms with Gasteiger partial charge in [0.15, 0.2) is 5.17 Å². The van der Waals surface area contributed by atoms with Crippen LogP contribution in [-0.4, -0.2) is 41.7 Å². The number of halogens is 1. The van der Waals surface area contributed by atoms with E-state index in [1.807, 2.05) is 13.0 Å². The molecule has 1 atom stereocenters. The number of amidine groups is 1. The standard InChI is InChI=1S/C21H22FN3O3S/c1-4-19-20(26)25(13-14-5-8-16(22)9-6-14)21(29-19)24-23-12-15-7-10-17(27-2)11-18(15)28-3/h5-12,19H,4,13H2,1-3H3/b23-12-,24-21-/t19-/m1/s1. The summed E-state index contributed by atoms with van der Waals surface area (Å²) in [7, 11) is 3.16. The topological polar surface area (TPSA) is 63.5 Å². The molecule has 2 aromatic rings. The maximum Gasteiger partial charge on any atom is 0.242 e. The first-order chi connectivity index (χ1) is 14.0. The van der Waals surface area contributed by atoms with Gasteiger partial charge in [0.1, 0.15) is 17.3 Å². The number of rotatable bonds is 7. The van der Waals surface area contributed by atoms with Crippen LogP contribution in [0.3, 0.4) is 0 Å². The highest BCUT2D eigenvalue weighted by Gasteiger charge is 2.36. The lowest BCUT2D eigenvalue weighted by molar-refractivity contribution is -0.126. The Balaban J connectivity index is 1.82. The predicted molar refractivity (Wildman–Crippen MR) is 113 cm³/mol. The molecule has 152 valence electrons. The third-order valence-corrected chi connectivity index (χ3v) is 5.76. The van der Waals surface area contributed by atoms with Crippen molar-refractivity contribution in [3.63, 3.8) is 0 Å². The van der Waals surface area contributed by atoms with Crippen LogP contribution >= 0.6 is 11.8 Å². The number of hydrogen-bond acceptors (Lipinski definition) is 6. The number of nitrogens with zero attached hydrogens (tertiary/aromatic N) is 3. The second-order valence-corrected chi connectivity index (χ2v) is 7.47. The summed E-state index contributed by atoms with van der Waals surface area (Å²) < 4.78 is 23.7. The van der Waals surface area contributed by atoms with Crippen LogP contribution in [0.15, 0.2) is 52.7 Å². The van der Waals surface area contributed by atoms with E-state index in [4.69, 9.17) is 9.47 Å². The molecule has 0 aromatic heterocycles. The fraction of sp³-hybridized carbons (Fsp3) is 0.286. The summed E-state index contributed by atoms with van der Waals surface area (Å²) in [6.07, 6.45) is 2.27. The average Bonchev–Trinajstić information content (AvgIpc) is 3.04. The van der Waals surface area contributed by atoms with E-state index in [9.17, 15) is 9.18 Å². The number of carbonyl (C=O) groups is 1. The van der Waals surface area contributed by atoms with Gasteiger partial charge in [0.2, 0.25) is 5.91 Å². The third kappa shape index (κ3) is 4.95. The number of ether oxygens (including phenoxy) is 2. The minimum Gasteiger partial charge on any atom is -0.497 e. The van der Waals surface area contributed by atoms with E-state index >= 15 is 0 Å². The second-order valence-electron chi connectivity index (χ2n) is 6.30. The van der Waals surface area contributed by atoms with E-state index in [1.54, 1.807) is 49.6 Å². The Kier molecular flexibility index (Phi) is 6.87. The van der Waals surface area contributed by atoms with Crippen LogP contribution in [0.2, 0.25) is 0 Å². The molecule has 1 fully saturated rings. The lowest BCUT2D eigenvalue weighted by atomic mass is 10.2. The predicted octanol–water partition coefficient (Wildman–Crippen LogP) is 4.09. The summed E-state index contributed by atoms with van der Waals surface area (Å²) in [6.45, 7) is 2.28. The smallest absolute Gasteiger partial charge is 0.242 e. The monoisotopic (exact) mass is 415 g/mol. The molecule has 8 heteroatoms. The Morgan fingerprint density at radius 1 is 1.17 bits per heavy atom. The number of methoxy groups -OCH3 is 2. The highest BCUT2D eigenvalue weighted by atomic mass is 32.2. The van der Waals surface area contributed by atoms with Gasteiger partial charge >= 0.3 is 0 Å². The fourth-order valence-corrected chi connectivity index (χ4v) is 3.85. The quantitative estimate of drug-likeness (QED) is 0.505. The first-order valence-electron chi connectivity index (χ1n) is 9.11. The molecule has 3 rings (SSSR count).